The van der Waals surface area contributed by atoms with Gasteiger partial charge in [-0.05, 0) is 17.7 Å². The molecule has 0 heterocycles. The largest absolute Gasteiger partial charge is 0.480 e. The lowest BCUT2D eigenvalue weighted by Gasteiger charge is -2.11. The maximum Gasteiger partial charge on any atom is 0.325 e. The van der Waals surface area contributed by atoms with Crippen LogP contribution in [-0.4, -0.2) is 18.2 Å². The van der Waals surface area contributed by atoms with Crippen LogP contribution in [-0.2, 0) is 16.1 Å². The van der Waals surface area contributed by atoms with Crippen LogP contribution in [0, 0.1) is 5.82 Å². The molecular weight excluding hydrogens is 237 g/mol. The normalized spacial score (nSPS) is 12.5. The van der Waals surface area contributed by atoms with E-state index in [9.17, 15) is 9.18 Å². The minimum absolute atomic E-state index is 0.0211. The molecule has 0 saturated carbocycles. The van der Waals surface area contributed by atoms with Gasteiger partial charge in [0.25, 0.3) is 0 Å². The van der Waals surface area contributed by atoms with Crippen molar-refractivity contribution < 1.29 is 19.0 Å². The lowest BCUT2D eigenvalue weighted by atomic mass is 10.1. The van der Waals surface area contributed by atoms with Crippen molar-refractivity contribution in [3.05, 3.63) is 34.1 Å². The van der Waals surface area contributed by atoms with Crippen LogP contribution < -0.4 is 5.73 Å². The van der Waals surface area contributed by atoms with Gasteiger partial charge in [0.05, 0.1) is 6.61 Å². The summed E-state index contributed by atoms with van der Waals surface area (Å²) in [5.74, 6) is -1.86. The molecule has 0 spiro atoms. The van der Waals surface area contributed by atoms with Crippen molar-refractivity contribution in [2.24, 2.45) is 5.73 Å². The first kappa shape index (κ1) is 12.9. The third-order valence-corrected chi connectivity index (χ3v) is 2.41. The van der Waals surface area contributed by atoms with Crippen LogP contribution in [0.3, 0.4) is 0 Å². The molecule has 6 heteroatoms. The molecule has 0 fully saturated rings. The van der Waals surface area contributed by atoms with Crippen molar-refractivity contribution >= 4 is 17.6 Å². The number of hydrogen-bond acceptors (Lipinski definition) is 3. The van der Waals surface area contributed by atoms with Gasteiger partial charge in [0, 0.05) is 17.7 Å². The van der Waals surface area contributed by atoms with Crippen molar-refractivity contribution in [3.63, 3.8) is 0 Å². The third-order valence-electron chi connectivity index (χ3n) is 2.08. The number of carboxylic acid groups (broad SMARTS) is 1. The molecule has 16 heavy (non-hydrogen) atoms. The van der Waals surface area contributed by atoms with E-state index in [1.165, 1.54) is 13.2 Å². The predicted molar refractivity (Wildman–Crippen MR) is 56.7 cm³/mol. The standard InChI is InChI=1S/C10H11ClFNO3/c1-16-4-6-7(11)2-5(3-8(6)12)9(13)10(14)15/h2-3,9H,4,13H2,1H3,(H,14,15). The van der Waals surface area contributed by atoms with Crippen LogP contribution in [0.15, 0.2) is 12.1 Å². The molecule has 0 radical (unpaired) electrons. The number of halogens is 2. The van der Waals surface area contributed by atoms with Crippen LogP contribution in [0.25, 0.3) is 0 Å². The van der Waals surface area contributed by atoms with Crippen molar-refractivity contribution in [1.82, 2.24) is 0 Å². The molecule has 3 N–H and O–H groups in total. The Bertz CT molecular complexity index is 388. The molecule has 1 aromatic carbocycles. The summed E-state index contributed by atoms with van der Waals surface area (Å²) in [4.78, 5) is 10.6. The van der Waals surface area contributed by atoms with Crippen molar-refractivity contribution in [2.75, 3.05) is 7.11 Å². The summed E-state index contributed by atoms with van der Waals surface area (Å²) in [6.07, 6.45) is 0. The fourth-order valence-corrected chi connectivity index (χ4v) is 1.50. The Labute approximate surface area is 96.8 Å². The predicted octanol–water partition coefficient (Wildman–Crippen LogP) is 1.71. The molecule has 1 aromatic rings. The molecule has 88 valence electrons. The summed E-state index contributed by atoms with van der Waals surface area (Å²) in [6, 6.07) is 1.10. The molecule has 0 saturated heterocycles. The van der Waals surface area contributed by atoms with E-state index in [4.69, 9.17) is 27.2 Å². The fraction of sp³-hybridized carbons (Fsp3) is 0.300. The highest BCUT2D eigenvalue weighted by Gasteiger charge is 2.18. The van der Waals surface area contributed by atoms with Gasteiger partial charge >= 0.3 is 5.97 Å². The van der Waals surface area contributed by atoms with Gasteiger partial charge < -0.3 is 15.6 Å². The minimum Gasteiger partial charge on any atom is -0.480 e. The van der Waals surface area contributed by atoms with E-state index in [1.807, 2.05) is 0 Å². The molecule has 4 nitrogen and oxygen atoms in total. The Kier molecular flexibility index (Phi) is 4.23. The van der Waals surface area contributed by atoms with E-state index in [0.717, 1.165) is 6.07 Å². The average Bonchev–Trinajstić information content (AvgIpc) is 2.21. The Balaban J connectivity index is 3.14. The molecule has 0 aliphatic carbocycles. The number of benzene rings is 1. The molecule has 0 bridgehead atoms. The first-order chi connectivity index (χ1) is 7.47. The molecule has 1 unspecified atom stereocenters. The Hall–Kier alpha value is -1.17. The smallest absolute Gasteiger partial charge is 0.325 e. The van der Waals surface area contributed by atoms with Crippen LogP contribution in [0.1, 0.15) is 17.2 Å². The van der Waals surface area contributed by atoms with E-state index in [-0.39, 0.29) is 22.8 Å². The monoisotopic (exact) mass is 247 g/mol. The zero-order valence-corrected chi connectivity index (χ0v) is 9.29. The van der Waals surface area contributed by atoms with Crippen LogP contribution in [0.4, 0.5) is 4.39 Å². The quantitative estimate of drug-likeness (QED) is 0.850. The Morgan fingerprint density at radius 2 is 2.31 bits per heavy atom. The van der Waals surface area contributed by atoms with Gasteiger partial charge in [-0.15, -0.1) is 0 Å². The van der Waals surface area contributed by atoms with E-state index in [2.05, 4.69) is 0 Å². The van der Waals surface area contributed by atoms with E-state index in [1.54, 1.807) is 0 Å². The maximum absolute atomic E-state index is 13.5. The van der Waals surface area contributed by atoms with Gasteiger partial charge in [0.1, 0.15) is 11.9 Å². The summed E-state index contributed by atoms with van der Waals surface area (Å²) in [6.45, 7) is 0.0211. The minimum atomic E-state index is -1.29. The Morgan fingerprint density at radius 3 is 2.75 bits per heavy atom. The zero-order chi connectivity index (χ0) is 12.3. The topological polar surface area (TPSA) is 72.5 Å². The number of carbonyl (C=O) groups is 1. The SMILES string of the molecule is COCc1c(F)cc(C(N)C(=O)O)cc1Cl. The van der Waals surface area contributed by atoms with Crippen molar-refractivity contribution in [3.8, 4) is 0 Å². The summed E-state index contributed by atoms with van der Waals surface area (Å²) in [7, 11) is 1.41. The highest BCUT2D eigenvalue weighted by molar-refractivity contribution is 6.31. The molecule has 0 amide bonds. The molecular formula is C10H11ClFNO3. The number of nitrogens with two attached hydrogens (primary N) is 1. The van der Waals surface area contributed by atoms with Gasteiger partial charge in [-0.3, -0.25) is 4.79 Å². The highest BCUT2D eigenvalue weighted by Crippen LogP contribution is 2.25. The number of ether oxygens (including phenoxy) is 1. The fourth-order valence-electron chi connectivity index (χ4n) is 1.23. The number of methoxy groups -OCH3 is 1. The number of rotatable bonds is 4. The van der Waals surface area contributed by atoms with E-state index < -0.39 is 17.8 Å². The second-order valence-corrected chi connectivity index (χ2v) is 3.62. The summed E-state index contributed by atoms with van der Waals surface area (Å²) in [5, 5.41) is 8.78. The molecule has 0 aliphatic rings. The maximum atomic E-state index is 13.5. The summed E-state index contributed by atoms with van der Waals surface area (Å²) < 4.78 is 18.3. The van der Waals surface area contributed by atoms with E-state index in [0.29, 0.717) is 0 Å². The third kappa shape index (κ3) is 2.69. The second kappa shape index (κ2) is 5.25. The first-order valence-electron chi connectivity index (χ1n) is 4.42. The Morgan fingerprint density at radius 1 is 1.69 bits per heavy atom. The number of carboxylic acids is 1. The van der Waals surface area contributed by atoms with Crippen LogP contribution >= 0.6 is 11.6 Å². The van der Waals surface area contributed by atoms with Gasteiger partial charge in [0.2, 0.25) is 0 Å². The van der Waals surface area contributed by atoms with Crippen molar-refractivity contribution in [2.45, 2.75) is 12.6 Å². The second-order valence-electron chi connectivity index (χ2n) is 3.21. The van der Waals surface area contributed by atoms with E-state index >= 15 is 0 Å². The van der Waals surface area contributed by atoms with Crippen molar-refractivity contribution in [1.29, 1.82) is 0 Å². The molecule has 1 rings (SSSR count). The molecule has 0 aromatic heterocycles. The van der Waals surface area contributed by atoms with Gasteiger partial charge in [-0.2, -0.15) is 0 Å². The van der Waals surface area contributed by atoms with Gasteiger partial charge in [0.15, 0.2) is 0 Å². The number of aliphatic carboxylic acids is 1. The highest BCUT2D eigenvalue weighted by atomic mass is 35.5. The summed E-state index contributed by atoms with van der Waals surface area (Å²) in [5.41, 5.74) is 5.65. The van der Waals surface area contributed by atoms with Gasteiger partial charge in [-0.1, -0.05) is 11.6 Å². The number of hydrogen-bond donors (Lipinski definition) is 2. The summed E-state index contributed by atoms with van der Waals surface area (Å²) >= 11 is 5.79. The molecule has 0 aliphatic heterocycles. The van der Waals surface area contributed by atoms with Gasteiger partial charge in [-0.25, -0.2) is 4.39 Å². The average molecular weight is 248 g/mol. The van der Waals surface area contributed by atoms with Crippen LogP contribution in [0.5, 0.6) is 0 Å². The lowest BCUT2D eigenvalue weighted by molar-refractivity contribution is -0.138. The van der Waals surface area contributed by atoms with Crippen LogP contribution in [0.2, 0.25) is 5.02 Å². The first-order valence-corrected chi connectivity index (χ1v) is 4.80. The zero-order valence-electron chi connectivity index (χ0n) is 8.54. The molecule has 1 atom stereocenters. The lowest BCUT2D eigenvalue weighted by Crippen LogP contribution is -2.21.